The Labute approximate surface area is 58.5 Å². The van der Waals surface area contributed by atoms with Crippen LogP contribution >= 0.6 is 11.6 Å². The minimum atomic E-state index is -0.277. The zero-order valence-electron chi connectivity index (χ0n) is 5.13. The van der Waals surface area contributed by atoms with Crippen LogP contribution in [0, 0.1) is 0 Å². The number of amides is 1. The molecule has 0 spiro atoms. The number of alkyl halides is 1. The monoisotopic (exact) mass is 149 g/mol. The van der Waals surface area contributed by atoms with Gasteiger partial charge < -0.3 is 9.64 Å². The van der Waals surface area contributed by atoms with Gasteiger partial charge in [0.1, 0.15) is 0 Å². The molecule has 4 heteroatoms. The summed E-state index contributed by atoms with van der Waals surface area (Å²) in [6.07, 6.45) is -0.277. The quantitative estimate of drug-likeness (QED) is 0.405. The van der Waals surface area contributed by atoms with Gasteiger partial charge in [0.2, 0.25) is 0 Å². The first-order chi connectivity index (χ1) is 4.29. The molecule has 3 nitrogen and oxygen atoms in total. The largest absolute Gasteiger partial charge is 0.453 e. The minimum Gasteiger partial charge on any atom is -0.453 e. The van der Waals surface area contributed by atoms with Crippen molar-refractivity contribution in [3.63, 3.8) is 0 Å². The molecule has 0 aliphatic carbocycles. The molecule has 1 saturated heterocycles. The molecule has 0 saturated carbocycles. The van der Waals surface area contributed by atoms with Crippen LogP contribution in [0.25, 0.3) is 0 Å². The lowest BCUT2D eigenvalue weighted by Crippen LogP contribution is -2.13. The highest BCUT2D eigenvalue weighted by atomic mass is 35.5. The van der Waals surface area contributed by atoms with E-state index >= 15 is 0 Å². The number of hydrogen-bond donors (Lipinski definition) is 0. The molecule has 1 aliphatic heterocycles. The van der Waals surface area contributed by atoms with Crippen LogP contribution in [0.4, 0.5) is 4.79 Å². The fourth-order valence-corrected chi connectivity index (χ4v) is 0.917. The Bertz CT molecular complexity index is 128. The van der Waals surface area contributed by atoms with Crippen molar-refractivity contribution in [2.75, 3.05) is 19.5 Å². The maximum Gasteiger partial charge on any atom is 0.409 e. The van der Waals surface area contributed by atoms with Gasteiger partial charge in [0.25, 0.3) is 0 Å². The van der Waals surface area contributed by atoms with Crippen LogP contribution in [0.5, 0.6) is 0 Å². The summed E-state index contributed by atoms with van der Waals surface area (Å²) in [7, 11) is 1.37. The van der Waals surface area contributed by atoms with Crippen molar-refractivity contribution in [2.24, 2.45) is 0 Å². The molecule has 1 rings (SSSR count). The first-order valence-corrected chi connectivity index (χ1v) is 3.23. The highest BCUT2D eigenvalue weighted by Crippen LogP contribution is 2.18. The van der Waals surface area contributed by atoms with Crippen molar-refractivity contribution in [1.29, 1.82) is 0 Å². The molecule has 1 atom stereocenters. The smallest absolute Gasteiger partial charge is 0.409 e. The van der Waals surface area contributed by atoms with E-state index in [1.807, 2.05) is 0 Å². The molecule has 52 valence electrons. The average Bonchev–Trinajstić information content (AvgIpc) is 2.64. The summed E-state index contributed by atoms with van der Waals surface area (Å²) < 4.78 is 4.43. The van der Waals surface area contributed by atoms with Crippen molar-refractivity contribution < 1.29 is 9.53 Å². The Kier molecular flexibility index (Phi) is 1.81. The van der Waals surface area contributed by atoms with Gasteiger partial charge in [-0.25, -0.2) is 4.79 Å². The van der Waals surface area contributed by atoms with Crippen LogP contribution < -0.4 is 0 Å². The van der Waals surface area contributed by atoms with Crippen molar-refractivity contribution in [3.05, 3.63) is 0 Å². The molecule has 1 fully saturated rings. The fourth-order valence-electron chi connectivity index (χ4n) is 0.653. The SMILES string of the molecule is COC(=O)N1C[C@@H]1CCl. The zero-order chi connectivity index (χ0) is 6.85. The summed E-state index contributed by atoms with van der Waals surface area (Å²) in [4.78, 5) is 12.2. The Morgan fingerprint density at radius 2 is 2.67 bits per heavy atom. The molecular formula is C5H8ClNO2. The standard InChI is InChI=1S/C5H8ClNO2/c1-9-5(8)7-3-4(7)2-6/h4H,2-3H2,1H3/t4-,7?/m0/s1. The number of methoxy groups -OCH3 is 1. The minimum absolute atomic E-state index is 0.221. The van der Waals surface area contributed by atoms with Gasteiger partial charge in [-0.3, -0.25) is 0 Å². The second-order valence-electron chi connectivity index (χ2n) is 1.93. The van der Waals surface area contributed by atoms with E-state index in [0.717, 1.165) is 6.54 Å². The summed E-state index contributed by atoms with van der Waals surface area (Å²) in [5, 5.41) is 0. The van der Waals surface area contributed by atoms with E-state index < -0.39 is 0 Å². The summed E-state index contributed by atoms with van der Waals surface area (Å²) in [5.74, 6) is 0.509. The molecule has 0 aromatic heterocycles. The van der Waals surface area contributed by atoms with Crippen LogP contribution in [0.15, 0.2) is 0 Å². The van der Waals surface area contributed by atoms with Gasteiger partial charge in [-0.05, 0) is 0 Å². The van der Waals surface area contributed by atoms with Gasteiger partial charge in [0, 0.05) is 12.4 Å². The topological polar surface area (TPSA) is 29.3 Å². The van der Waals surface area contributed by atoms with Crippen molar-refractivity contribution in [3.8, 4) is 0 Å². The third kappa shape index (κ3) is 1.27. The molecule has 1 heterocycles. The summed E-state index contributed by atoms with van der Waals surface area (Å²) in [5.41, 5.74) is 0. The molecule has 0 unspecified atom stereocenters. The first kappa shape index (κ1) is 6.68. The van der Waals surface area contributed by atoms with Gasteiger partial charge in [-0.15, -0.1) is 11.6 Å². The molecule has 1 aliphatic rings. The predicted molar refractivity (Wildman–Crippen MR) is 33.6 cm³/mol. The van der Waals surface area contributed by atoms with E-state index in [1.54, 1.807) is 4.90 Å². The molecule has 0 aromatic rings. The number of nitrogens with zero attached hydrogens (tertiary/aromatic N) is 1. The second-order valence-corrected chi connectivity index (χ2v) is 2.24. The highest BCUT2D eigenvalue weighted by molar-refractivity contribution is 6.18. The highest BCUT2D eigenvalue weighted by Gasteiger charge is 2.38. The van der Waals surface area contributed by atoms with Gasteiger partial charge in [-0.2, -0.15) is 0 Å². The van der Waals surface area contributed by atoms with Crippen molar-refractivity contribution >= 4 is 17.7 Å². The van der Waals surface area contributed by atoms with E-state index in [4.69, 9.17) is 11.6 Å². The van der Waals surface area contributed by atoms with Crippen LogP contribution in [-0.4, -0.2) is 36.6 Å². The Morgan fingerprint density at radius 1 is 2.00 bits per heavy atom. The maximum atomic E-state index is 10.6. The van der Waals surface area contributed by atoms with Crippen LogP contribution in [-0.2, 0) is 4.74 Å². The molecule has 0 bridgehead atoms. The van der Waals surface area contributed by atoms with E-state index in [2.05, 4.69) is 4.74 Å². The van der Waals surface area contributed by atoms with E-state index in [9.17, 15) is 4.79 Å². The molecule has 9 heavy (non-hydrogen) atoms. The third-order valence-electron chi connectivity index (χ3n) is 1.30. The number of carbonyl (C=O) groups excluding carboxylic acids is 1. The van der Waals surface area contributed by atoms with E-state index in [1.165, 1.54) is 7.11 Å². The molecule has 0 radical (unpaired) electrons. The normalized spacial score (nSPS) is 23.8. The Balaban J connectivity index is 2.25. The Morgan fingerprint density at radius 3 is 3.00 bits per heavy atom. The predicted octanol–water partition coefficient (Wildman–Crippen LogP) is 0.676. The number of rotatable bonds is 1. The average molecular weight is 150 g/mol. The fraction of sp³-hybridized carbons (Fsp3) is 0.800. The summed E-state index contributed by atoms with van der Waals surface area (Å²) in [6, 6.07) is 0.221. The molecule has 1 amide bonds. The molecule has 0 aromatic carbocycles. The number of halogens is 1. The lowest BCUT2D eigenvalue weighted by Gasteiger charge is -1.97. The number of carbonyl (C=O) groups is 1. The number of hydrogen-bond acceptors (Lipinski definition) is 2. The van der Waals surface area contributed by atoms with Crippen LogP contribution in [0.2, 0.25) is 0 Å². The van der Waals surface area contributed by atoms with Gasteiger partial charge in [0.15, 0.2) is 0 Å². The van der Waals surface area contributed by atoms with Gasteiger partial charge in [-0.1, -0.05) is 0 Å². The van der Waals surface area contributed by atoms with E-state index in [-0.39, 0.29) is 12.1 Å². The zero-order valence-corrected chi connectivity index (χ0v) is 5.89. The lowest BCUT2D eigenvalue weighted by molar-refractivity contribution is 0.153. The Hall–Kier alpha value is -0.440. The van der Waals surface area contributed by atoms with Gasteiger partial charge >= 0.3 is 6.09 Å². The van der Waals surface area contributed by atoms with Crippen LogP contribution in [0.3, 0.4) is 0 Å². The maximum absolute atomic E-state index is 10.6. The summed E-state index contributed by atoms with van der Waals surface area (Å²) in [6.45, 7) is 0.746. The van der Waals surface area contributed by atoms with Gasteiger partial charge in [0.05, 0.1) is 13.2 Å². The molecular weight excluding hydrogens is 142 g/mol. The number of ether oxygens (including phenoxy) is 1. The van der Waals surface area contributed by atoms with E-state index in [0.29, 0.717) is 5.88 Å². The molecule has 0 N–H and O–H groups in total. The lowest BCUT2D eigenvalue weighted by atomic mass is 10.6. The second kappa shape index (κ2) is 2.43. The van der Waals surface area contributed by atoms with Crippen molar-refractivity contribution in [2.45, 2.75) is 6.04 Å². The van der Waals surface area contributed by atoms with Crippen molar-refractivity contribution in [1.82, 2.24) is 4.90 Å². The third-order valence-corrected chi connectivity index (χ3v) is 1.66. The first-order valence-electron chi connectivity index (χ1n) is 2.70. The summed E-state index contributed by atoms with van der Waals surface area (Å²) >= 11 is 5.45. The van der Waals surface area contributed by atoms with Crippen LogP contribution in [0.1, 0.15) is 0 Å².